The fourth-order valence-corrected chi connectivity index (χ4v) is 3.28. The Bertz CT molecular complexity index is 922. The Hall–Kier alpha value is -2.53. The molecule has 4 nitrogen and oxygen atoms in total. The van der Waals surface area contributed by atoms with Gasteiger partial charge in [0.15, 0.2) is 18.2 Å². The molecule has 0 spiro atoms. The monoisotopic (exact) mass is 420 g/mol. The molecule has 2 aromatic rings. The Morgan fingerprint density at radius 3 is 2.59 bits per heavy atom. The molecule has 0 aromatic heterocycles. The third-order valence-electron chi connectivity index (χ3n) is 4.48. The van der Waals surface area contributed by atoms with Crippen molar-refractivity contribution in [3.8, 4) is 11.5 Å². The molecule has 156 valence electrons. The van der Waals surface area contributed by atoms with Crippen molar-refractivity contribution in [1.82, 2.24) is 0 Å². The molecule has 0 radical (unpaired) electrons. The van der Waals surface area contributed by atoms with Gasteiger partial charge in [-0.1, -0.05) is 49.7 Å². The lowest BCUT2D eigenvalue weighted by Crippen LogP contribution is -2.15. The van der Waals surface area contributed by atoms with E-state index in [4.69, 9.17) is 21.1 Å². The smallest absolute Gasteiger partial charge is 0.344 e. The molecule has 0 saturated heterocycles. The normalized spacial score (nSPS) is 10.9. The fourth-order valence-electron chi connectivity index (χ4n) is 3.02. The van der Waals surface area contributed by atoms with Crippen LogP contribution >= 0.6 is 11.6 Å². The lowest BCUT2D eigenvalue weighted by molar-refractivity contribution is -0.145. The molecule has 29 heavy (non-hydrogen) atoms. The summed E-state index contributed by atoms with van der Waals surface area (Å²) in [5.41, 5.74) is 3.60. The zero-order chi connectivity index (χ0) is 21.7. The number of hydrogen-bond donors (Lipinski definition) is 1. The summed E-state index contributed by atoms with van der Waals surface area (Å²) in [5, 5.41) is 9.96. The average Bonchev–Trinajstić information content (AvgIpc) is 2.66. The maximum Gasteiger partial charge on any atom is 0.344 e. The number of hydrogen-bond acceptors (Lipinski definition) is 4. The Morgan fingerprint density at radius 2 is 2.00 bits per heavy atom. The van der Waals surface area contributed by atoms with Gasteiger partial charge in [-0.3, -0.25) is 0 Å². The number of aromatic hydroxyl groups is 1. The van der Waals surface area contributed by atoms with E-state index in [1.807, 2.05) is 19.9 Å². The van der Waals surface area contributed by atoms with E-state index in [2.05, 4.69) is 6.58 Å². The van der Waals surface area contributed by atoms with Gasteiger partial charge in [0.1, 0.15) is 5.75 Å². The highest BCUT2D eigenvalue weighted by atomic mass is 35.5. The number of rotatable bonds is 8. The van der Waals surface area contributed by atoms with Gasteiger partial charge in [-0.15, -0.1) is 0 Å². The quantitative estimate of drug-likeness (QED) is 0.542. The first kappa shape index (κ1) is 22.8. The molecule has 0 heterocycles. The number of allylic oxidation sites excluding steroid dienone is 1. The predicted molar refractivity (Wildman–Crippen MR) is 113 cm³/mol. The molecule has 0 aliphatic rings. The van der Waals surface area contributed by atoms with E-state index in [0.29, 0.717) is 23.1 Å². The highest BCUT2D eigenvalue weighted by molar-refractivity contribution is 6.32. The number of carbonyl (C=O) groups excluding carboxylic acids is 1. The predicted octanol–water partition coefficient (Wildman–Crippen LogP) is 5.87. The fraction of sp³-hybridized carbons (Fsp3) is 0.348. The summed E-state index contributed by atoms with van der Waals surface area (Å²) in [6, 6.07) is 6.80. The molecule has 0 aliphatic carbocycles. The van der Waals surface area contributed by atoms with Crippen LogP contribution < -0.4 is 4.74 Å². The van der Waals surface area contributed by atoms with Crippen LogP contribution in [0.4, 0.5) is 4.39 Å². The minimum Gasteiger partial charge on any atom is -0.508 e. The molecule has 0 aliphatic heterocycles. The molecule has 2 aromatic carbocycles. The van der Waals surface area contributed by atoms with E-state index in [1.165, 1.54) is 6.07 Å². The molecule has 0 saturated carbocycles. The summed E-state index contributed by atoms with van der Waals surface area (Å²) < 4.78 is 24.9. The third-order valence-corrected chi connectivity index (χ3v) is 4.87. The van der Waals surface area contributed by atoms with Crippen molar-refractivity contribution in [3.05, 3.63) is 63.9 Å². The summed E-state index contributed by atoms with van der Waals surface area (Å²) in [4.78, 5) is 11.5. The third kappa shape index (κ3) is 5.51. The SMILES string of the molecule is C=C(C)c1cc(OCC(=O)OCC)c(F)c(Cl)c1Cc1ccc(O)c(C(C)C)c1. The van der Waals surface area contributed by atoms with Crippen LogP contribution in [0, 0.1) is 5.82 Å². The van der Waals surface area contributed by atoms with Gasteiger partial charge >= 0.3 is 5.97 Å². The van der Waals surface area contributed by atoms with Crippen LogP contribution in [0.2, 0.25) is 5.02 Å². The number of carbonyl (C=O) groups is 1. The van der Waals surface area contributed by atoms with Crippen molar-refractivity contribution >= 4 is 23.1 Å². The molecule has 0 amide bonds. The largest absolute Gasteiger partial charge is 0.508 e. The highest BCUT2D eigenvalue weighted by Gasteiger charge is 2.20. The van der Waals surface area contributed by atoms with E-state index in [0.717, 1.165) is 11.1 Å². The Morgan fingerprint density at radius 1 is 1.31 bits per heavy atom. The molecular weight excluding hydrogens is 395 g/mol. The van der Waals surface area contributed by atoms with Crippen molar-refractivity contribution in [2.75, 3.05) is 13.2 Å². The number of halogens is 2. The van der Waals surface area contributed by atoms with Crippen LogP contribution in [0.1, 0.15) is 55.9 Å². The van der Waals surface area contributed by atoms with Gasteiger partial charge in [0, 0.05) is 0 Å². The zero-order valence-electron chi connectivity index (χ0n) is 17.1. The second-order valence-electron chi connectivity index (χ2n) is 7.13. The lowest BCUT2D eigenvalue weighted by atomic mass is 9.92. The molecule has 2 rings (SSSR count). The van der Waals surface area contributed by atoms with Crippen molar-refractivity contribution in [2.24, 2.45) is 0 Å². The molecule has 0 atom stereocenters. The Kier molecular flexibility index (Phi) is 7.68. The molecule has 0 fully saturated rings. The van der Waals surface area contributed by atoms with E-state index in [-0.39, 0.29) is 29.0 Å². The molecule has 0 unspecified atom stereocenters. The number of phenolic OH excluding ortho intramolecular Hbond substituents is 1. The van der Waals surface area contributed by atoms with Crippen LogP contribution in [-0.2, 0) is 16.0 Å². The van der Waals surface area contributed by atoms with Gasteiger partial charge in [0.05, 0.1) is 11.6 Å². The van der Waals surface area contributed by atoms with E-state index in [1.54, 1.807) is 26.0 Å². The van der Waals surface area contributed by atoms with Gasteiger partial charge in [-0.05, 0) is 60.6 Å². The Balaban J connectivity index is 2.42. The van der Waals surface area contributed by atoms with Gasteiger partial charge < -0.3 is 14.6 Å². The van der Waals surface area contributed by atoms with Gasteiger partial charge in [-0.25, -0.2) is 9.18 Å². The summed E-state index contributed by atoms with van der Waals surface area (Å²) in [6.45, 7) is 11.2. The molecule has 1 N–H and O–H groups in total. The van der Waals surface area contributed by atoms with E-state index < -0.39 is 18.4 Å². The minimum absolute atomic E-state index is 0.0801. The first-order chi connectivity index (χ1) is 13.6. The first-order valence-corrected chi connectivity index (χ1v) is 9.80. The van der Waals surface area contributed by atoms with Crippen molar-refractivity contribution in [1.29, 1.82) is 0 Å². The minimum atomic E-state index is -0.737. The summed E-state index contributed by atoms with van der Waals surface area (Å²) in [7, 11) is 0. The number of phenols is 1. The molecular formula is C23H26ClFO4. The van der Waals surface area contributed by atoms with Crippen LogP contribution in [0.25, 0.3) is 5.57 Å². The first-order valence-electron chi connectivity index (χ1n) is 9.42. The summed E-state index contributed by atoms with van der Waals surface area (Å²) in [5.74, 6) is -1.09. The van der Waals surface area contributed by atoms with Gasteiger partial charge in [-0.2, -0.15) is 0 Å². The summed E-state index contributed by atoms with van der Waals surface area (Å²) in [6.07, 6.45) is 0.357. The van der Waals surface area contributed by atoms with Crippen LogP contribution in [0.15, 0.2) is 30.8 Å². The second kappa shape index (κ2) is 9.79. The zero-order valence-corrected chi connectivity index (χ0v) is 17.9. The van der Waals surface area contributed by atoms with Crippen molar-refractivity contribution in [3.63, 3.8) is 0 Å². The standard InChI is InChI=1S/C23H26ClFO4/c1-6-28-21(27)12-29-20-11-16(13(2)3)18(22(24)23(20)25)10-15-7-8-19(26)17(9-15)14(4)5/h7-9,11,14,26H,2,6,10,12H2,1,3-5H3. The topological polar surface area (TPSA) is 55.8 Å². The van der Waals surface area contributed by atoms with Gasteiger partial charge in [0.2, 0.25) is 0 Å². The van der Waals surface area contributed by atoms with Crippen LogP contribution in [-0.4, -0.2) is 24.3 Å². The maximum atomic E-state index is 14.8. The van der Waals surface area contributed by atoms with Crippen LogP contribution in [0.5, 0.6) is 11.5 Å². The van der Waals surface area contributed by atoms with E-state index >= 15 is 0 Å². The maximum absolute atomic E-state index is 14.8. The van der Waals surface area contributed by atoms with Crippen LogP contribution in [0.3, 0.4) is 0 Å². The van der Waals surface area contributed by atoms with Crippen molar-refractivity contribution in [2.45, 2.75) is 40.0 Å². The second-order valence-corrected chi connectivity index (χ2v) is 7.51. The highest BCUT2D eigenvalue weighted by Crippen LogP contribution is 2.36. The summed E-state index contributed by atoms with van der Waals surface area (Å²) >= 11 is 6.35. The molecule has 6 heteroatoms. The lowest BCUT2D eigenvalue weighted by Gasteiger charge is -2.17. The number of ether oxygens (including phenoxy) is 2. The average molecular weight is 421 g/mol. The molecule has 0 bridgehead atoms. The van der Waals surface area contributed by atoms with Crippen molar-refractivity contribution < 1.29 is 23.8 Å². The Labute approximate surface area is 175 Å². The van der Waals surface area contributed by atoms with Gasteiger partial charge in [0.25, 0.3) is 0 Å². The number of benzene rings is 2. The number of esters is 1. The van der Waals surface area contributed by atoms with E-state index in [9.17, 15) is 14.3 Å².